The highest BCUT2D eigenvalue weighted by Crippen LogP contribution is 2.17. The van der Waals surface area contributed by atoms with E-state index in [9.17, 15) is 9.18 Å². The molecule has 0 spiro atoms. The fourth-order valence-electron chi connectivity index (χ4n) is 2.35. The first-order chi connectivity index (χ1) is 9.58. The van der Waals surface area contributed by atoms with Crippen LogP contribution in [0.25, 0.3) is 0 Å². The number of rotatable bonds is 3. The number of likely N-dealkylation sites (tertiary alicyclic amines) is 1. The van der Waals surface area contributed by atoms with Crippen molar-refractivity contribution < 1.29 is 9.18 Å². The van der Waals surface area contributed by atoms with Crippen molar-refractivity contribution in [3.63, 3.8) is 0 Å². The van der Waals surface area contributed by atoms with Crippen molar-refractivity contribution in [2.24, 2.45) is 5.73 Å². The topological polar surface area (TPSA) is 58.4 Å². The number of halogens is 1. The lowest BCUT2D eigenvalue weighted by atomic mass is 10.0. The van der Waals surface area contributed by atoms with Gasteiger partial charge in [0.05, 0.1) is 0 Å². The number of hydrogen-bond donors (Lipinski definition) is 2. The van der Waals surface area contributed by atoms with Crippen molar-refractivity contribution in [3.8, 4) is 0 Å². The van der Waals surface area contributed by atoms with Crippen LogP contribution in [-0.2, 0) is 11.3 Å². The molecule has 3 N–H and O–H groups in total. The molecule has 1 atom stereocenters. The van der Waals surface area contributed by atoms with Crippen LogP contribution < -0.4 is 11.1 Å². The van der Waals surface area contributed by atoms with Crippen LogP contribution in [0.1, 0.15) is 24.8 Å². The normalized spacial score (nSPS) is 18.6. The van der Waals surface area contributed by atoms with Gasteiger partial charge in [-0.2, -0.15) is 0 Å². The fraction of sp³-hybridized carbons (Fsp3) is 0.429. The molecule has 0 saturated carbocycles. The van der Waals surface area contributed by atoms with Crippen LogP contribution in [0.4, 0.5) is 4.39 Å². The van der Waals surface area contributed by atoms with Crippen LogP contribution in [0.15, 0.2) is 24.3 Å². The summed E-state index contributed by atoms with van der Waals surface area (Å²) in [7, 11) is 0. The van der Waals surface area contributed by atoms with Gasteiger partial charge in [0.15, 0.2) is 5.11 Å². The van der Waals surface area contributed by atoms with Gasteiger partial charge in [-0.1, -0.05) is 12.1 Å². The molecular formula is C14H18FN3OS. The molecule has 1 aromatic rings. The van der Waals surface area contributed by atoms with E-state index in [1.54, 1.807) is 12.1 Å². The Labute approximate surface area is 123 Å². The highest BCUT2D eigenvalue weighted by atomic mass is 32.1. The Morgan fingerprint density at radius 1 is 1.40 bits per heavy atom. The molecule has 1 aliphatic heterocycles. The van der Waals surface area contributed by atoms with Gasteiger partial charge in [-0.25, -0.2) is 4.39 Å². The Morgan fingerprint density at radius 3 is 2.75 bits per heavy atom. The number of carbonyl (C=O) groups is 1. The molecule has 0 aromatic heterocycles. The average Bonchev–Trinajstić information content (AvgIpc) is 2.46. The van der Waals surface area contributed by atoms with Crippen LogP contribution in [0.5, 0.6) is 0 Å². The van der Waals surface area contributed by atoms with Gasteiger partial charge in [-0.05, 0) is 49.2 Å². The largest absolute Gasteiger partial charge is 0.368 e. The Bertz CT molecular complexity index is 492. The number of carbonyl (C=O) groups excluding carboxylic acids is 1. The van der Waals surface area contributed by atoms with E-state index in [2.05, 4.69) is 5.32 Å². The molecule has 1 aromatic carbocycles. The second kappa shape index (κ2) is 6.65. The summed E-state index contributed by atoms with van der Waals surface area (Å²) < 4.78 is 12.8. The molecular weight excluding hydrogens is 277 g/mol. The number of nitrogens with zero attached hydrogens (tertiary/aromatic N) is 1. The Balaban J connectivity index is 1.93. The Morgan fingerprint density at radius 2 is 2.10 bits per heavy atom. The van der Waals surface area contributed by atoms with Gasteiger partial charge < -0.3 is 16.0 Å². The number of benzene rings is 1. The summed E-state index contributed by atoms with van der Waals surface area (Å²) in [6.45, 7) is 1.24. The third-order valence-corrected chi connectivity index (χ3v) is 3.83. The summed E-state index contributed by atoms with van der Waals surface area (Å²) in [6.07, 6.45) is 2.74. The SMILES string of the molecule is NC(=O)[C@H]1CCCCN1C(=S)NCc1ccc(F)cc1. The number of hydrogen-bond acceptors (Lipinski definition) is 2. The van der Waals surface area contributed by atoms with E-state index in [0.717, 1.165) is 31.4 Å². The number of piperidine rings is 1. The second-order valence-corrected chi connectivity index (χ2v) is 5.28. The van der Waals surface area contributed by atoms with Crippen LogP contribution in [0.3, 0.4) is 0 Å². The minimum atomic E-state index is -0.337. The third kappa shape index (κ3) is 3.66. The first-order valence-electron chi connectivity index (χ1n) is 6.66. The van der Waals surface area contributed by atoms with Crippen molar-refractivity contribution in [2.45, 2.75) is 31.8 Å². The highest BCUT2D eigenvalue weighted by Gasteiger charge is 2.28. The molecule has 0 aliphatic carbocycles. The Hall–Kier alpha value is -1.69. The molecule has 6 heteroatoms. The lowest BCUT2D eigenvalue weighted by Gasteiger charge is -2.35. The van der Waals surface area contributed by atoms with Gasteiger partial charge in [-0.3, -0.25) is 4.79 Å². The highest BCUT2D eigenvalue weighted by molar-refractivity contribution is 7.80. The van der Waals surface area contributed by atoms with E-state index in [4.69, 9.17) is 18.0 Å². The molecule has 2 rings (SSSR count). The van der Waals surface area contributed by atoms with Crippen molar-refractivity contribution in [3.05, 3.63) is 35.6 Å². The quantitative estimate of drug-likeness (QED) is 0.831. The summed E-state index contributed by atoms with van der Waals surface area (Å²) in [6, 6.07) is 5.90. The van der Waals surface area contributed by atoms with Crippen molar-refractivity contribution in [1.29, 1.82) is 0 Å². The number of nitrogens with one attached hydrogen (secondary N) is 1. The molecule has 0 unspecified atom stereocenters. The summed E-state index contributed by atoms with van der Waals surface area (Å²) in [4.78, 5) is 13.3. The Kier molecular flexibility index (Phi) is 4.89. The average molecular weight is 295 g/mol. The van der Waals surface area contributed by atoms with Crippen molar-refractivity contribution >= 4 is 23.2 Å². The maximum Gasteiger partial charge on any atom is 0.240 e. The molecule has 1 amide bonds. The van der Waals surface area contributed by atoms with Crippen LogP contribution in [0.2, 0.25) is 0 Å². The number of nitrogens with two attached hydrogens (primary N) is 1. The number of primary amides is 1. The van der Waals surface area contributed by atoms with E-state index in [1.807, 2.05) is 4.90 Å². The predicted octanol–water partition coefficient (Wildman–Crippen LogP) is 1.54. The minimum absolute atomic E-state index is 0.263. The third-order valence-electron chi connectivity index (χ3n) is 3.45. The zero-order valence-corrected chi connectivity index (χ0v) is 12.0. The number of amides is 1. The van der Waals surface area contributed by atoms with Gasteiger partial charge in [0.25, 0.3) is 0 Å². The fourth-order valence-corrected chi connectivity index (χ4v) is 2.64. The van der Waals surface area contributed by atoms with Crippen molar-refractivity contribution in [2.75, 3.05) is 6.54 Å². The maximum absolute atomic E-state index is 12.8. The zero-order valence-electron chi connectivity index (χ0n) is 11.1. The molecule has 1 aliphatic rings. The monoisotopic (exact) mass is 295 g/mol. The molecule has 0 bridgehead atoms. The van der Waals surface area contributed by atoms with E-state index in [-0.39, 0.29) is 17.8 Å². The standard InChI is InChI=1S/C14H18FN3OS/c15-11-6-4-10(5-7-11)9-17-14(20)18-8-2-1-3-12(18)13(16)19/h4-7,12H,1-3,8-9H2,(H2,16,19)(H,17,20)/t12-/m1/s1. The summed E-state index contributed by atoms with van der Waals surface area (Å²) in [5.41, 5.74) is 6.34. The lowest BCUT2D eigenvalue weighted by Crippen LogP contribution is -2.53. The molecule has 0 radical (unpaired) electrons. The van der Waals surface area contributed by atoms with Gasteiger partial charge in [0, 0.05) is 13.1 Å². The van der Waals surface area contributed by atoms with Gasteiger partial charge in [-0.15, -0.1) is 0 Å². The molecule has 108 valence electrons. The van der Waals surface area contributed by atoms with Gasteiger partial charge in [0.1, 0.15) is 11.9 Å². The maximum atomic E-state index is 12.8. The van der Waals surface area contributed by atoms with Gasteiger partial charge in [0.2, 0.25) is 5.91 Å². The second-order valence-electron chi connectivity index (χ2n) is 4.89. The zero-order chi connectivity index (χ0) is 14.5. The summed E-state index contributed by atoms with van der Waals surface area (Å²) >= 11 is 5.33. The first-order valence-corrected chi connectivity index (χ1v) is 7.07. The minimum Gasteiger partial charge on any atom is -0.368 e. The number of thiocarbonyl (C=S) groups is 1. The summed E-state index contributed by atoms with van der Waals surface area (Å²) in [5, 5.41) is 3.63. The van der Waals surface area contributed by atoms with Crippen LogP contribution in [-0.4, -0.2) is 28.5 Å². The van der Waals surface area contributed by atoms with E-state index in [1.165, 1.54) is 12.1 Å². The van der Waals surface area contributed by atoms with E-state index >= 15 is 0 Å². The first kappa shape index (κ1) is 14.7. The molecule has 20 heavy (non-hydrogen) atoms. The van der Waals surface area contributed by atoms with Crippen molar-refractivity contribution in [1.82, 2.24) is 10.2 Å². The molecule has 1 heterocycles. The van der Waals surface area contributed by atoms with Crippen LogP contribution in [0, 0.1) is 5.82 Å². The predicted molar refractivity (Wildman–Crippen MR) is 79.4 cm³/mol. The molecule has 4 nitrogen and oxygen atoms in total. The van der Waals surface area contributed by atoms with E-state index < -0.39 is 0 Å². The molecule has 1 saturated heterocycles. The van der Waals surface area contributed by atoms with E-state index in [0.29, 0.717) is 11.7 Å². The lowest BCUT2D eigenvalue weighted by molar-refractivity contribution is -0.122. The smallest absolute Gasteiger partial charge is 0.240 e. The molecule has 1 fully saturated rings. The van der Waals surface area contributed by atoms with Crippen LogP contribution >= 0.6 is 12.2 Å². The summed E-state index contributed by atoms with van der Waals surface area (Å²) in [5.74, 6) is -0.600. The van der Waals surface area contributed by atoms with Gasteiger partial charge >= 0.3 is 0 Å².